The predicted molar refractivity (Wildman–Crippen MR) is 50.0 cm³/mol. The van der Waals surface area contributed by atoms with E-state index in [4.69, 9.17) is 18.0 Å². The summed E-state index contributed by atoms with van der Waals surface area (Å²) in [5, 5.41) is -0.818. The van der Waals surface area contributed by atoms with Gasteiger partial charge in [-0.3, -0.25) is 0 Å². The topological polar surface area (TPSA) is 71.5 Å². The molecule has 0 amide bonds. The third kappa shape index (κ3) is 3.52. The van der Waals surface area contributed by atoms with Gasteiger partial charge in [-0.25, -0.2) is 16.8 Å². The molecule has 0 bridgehead atoms. The van der Waals surface area contributed by atoms with E-state index in [1.165, 1.54) is 0 Å². The van der Waals surface area contributed by atoms with E-state index < -0.39 is 31.8 Å². The first-order chi connectivity index (χ1) is 5.75. The monoisotopic (exact) mass is 245 g/mol. The lowest BCUT2D eigenvalue weighted by atomic mass is 10.7. The molecule has 0 aliphatic heterocycles. The Morgan fingerprint density at radius 2 is 1.85 bits per heavy atom. The van der Waals surface area contributed by atoms with E-state index in [9.17, 15) is 16.8 Å². The molecular weight excluding hydrogens is 238 g/mol. The fourth-order valence-electron chi connectivity index (χ4n) is 0.551. The second kappa shape index (κ2) is 4.28. The van der Waals surface area contributed by atoms with Crippen molar-refractivity contribution < 1.29 is 16.8 Å². The van der Waals surface area contributed by atoms with Crippen molar-refractivity contribution in [2.24, 2.45) is 0 Å². The summed E-state index contributed by atoms with van der Waals surface area (Å²) in [6.45, 7) is -0.534. The second-order valence-electron chi connectivity index (χ2n) is 2.12. The van der Waals surface area contributed by atoms with Gasteiger partial charge in [-0.15, -0.1) is 18.0 Å². The maximum absolute atomic E-state index is 11.1. The Hall–Kier alpha value is -0.290. The predicted octanol–water partition coefficient (Wildman–Crippen LogP) is -0.593. The van der Waals surface area contributed by atoms with Gasteiger partial charge in [0.15, 0.2) is 0 Å². The van der Waals surface area contributed by atoms with Crippen molar-refractivity contribution in [1.29, 1.82) is 0 Å². The van der Waals surface area contributed by atoms with Crippen LogP contribution < -0.4 is 0 Å². The highest BCUT2D eigenvalue weighted by molar-refractivity contribution is 8.04. The van der Waals surface area contributed by atoms with Crippen molar-refractivity contribution in [2.75, 3.05) is 18.0 Å². The van der Waals surface area contributed by atoms with Crippen molar-refractivity contribution >= 4 is 31.6 Å². The number of alkyl halides is 1. The van der Waals surface area contributed by atoms with Crippen molar-refractivity contribution in [3.63, 3.8) is 0 Å². The molecule has 0 heterocycles. The van der Waals surface area contributed by atoms with Gasteiger partial charge >= 0.3 is 0 Å². The zero-order valence-corrected chi connectivity index (χ0v) is 9.16. The molecule has 0 aliphatic carbocycles. The molecule has 0 radical (unpaired) electrons. The lowest BCUT2D eigenvalue weighted by molar-refractivity contribution is 0.523. The zero-order chi connectivity index (χ0) is 10.7. The Balaban J connectivity index is 5.22. The number of halogens is 1. The molecule has 0 aliphatic rings. The maximum Gasteiger partial charge on any atom is 0.242 e. The normalized spacial score (nSPS) is 12.8. The number of nitrogens with zero attached hydrogens (tertiary/aromatic N) is 1. The molecule has 0 atom stereocenters. The summed E-state index contributed by atoms with van der Waals surface area (Å²) in [4.78, 5) is 0. The third-order valence-corrected chi connectivity index (χ3v) is 5.25. The number of hydrogen-bond donors (Lipinski definition) is 0. The number of sulfonamides is 2. The first-order valence-corrected chi connectivity index (χ1v) is 6.95. The Labute approximate surface area is 82.8 Å². The zero-order valence-electron chi connectivity index (χ0n) is 6.77. The minimum atomic E-state index is -4.01. The molecule has 0 aromatic carbocycles. The molecule has 0 fully saturated rings. The van der Waals surface area contributed by atoms with Gasteiger partial charge in [0.05, 0.1) is 12.8 Å². The van der Waals surface area contributed by atoms with Crippen LogP contribution in [0.5, 0.6) is 0 Å². The van der Waals surface area contributed by atoms with Crippen LogP contribution in [0.15, 0.2) is 0 Å². The summed E-state index contributed by atoms with van der Waals surface area (Å²) in [7, 11) is -7.89. The van der Waals surface area contributed by atoms with Gasteiger partial charge in [-0.05, 0) is 0 Å². The van der Waals surface area contributed by atoms with Gasteiger partial charge in [0.25, 0.3) is 0 Å². The first-order valence-electron chi connectivity index (χ1n) is 2.95. The minimum Gasteiger partial charge on any atom is -0.211 e. The largest absolute Gasteiger partial charge is 0.242 e. The van der Waals surface area contributed by atoms with Crippen LogP contribution in [0.1, 0.15) is 0 Å². The third-order valence-electron chi connectivity index (χ3n) is 1.04. The van der Waals surface area contributed by atoms with E-state index in [1.807, 2.05) is 5.92 Å². The summed E-state index contributed by atoms with van der Waals surface area (Å²) in [6, 6.07) is 0. The van der Waals surface area contributed by atoms with Crippen LogP contribution in [0, 0.1) is 12.3 Å². The highest BCUT2D eigenvalue weighted by atomic mass is 35.5. The summed E-state index contributed by atoms with van der Waals surface area (Å²) in [5.74, 6) is 1.92. The number of terminal acetylenes is 1. The van der Waals surface area contributed by atoms with E-state index in [2.05, 4.69) is 0 Å². The van der Waals surface area contributed by atoms with Crippen LogP contribution in [-0.4, -0.2) is 38.6 Å². The summed E-state index contributed by atoms with van der Waals surface area (Å²) in [6.07, 6.45) is 5.56. The van der Waals surface area contributed by atoms with Crippen LogP contribution >= 0.6 is 11.6 Å². The molecule has 0 rings (SSSR count). The van der Waals surface area contributed by atoms with Gasteiger partial charge in [-0.1, -0.05) is 9.63 Å². The molecular formula is C5H8ClNO4S2. The van der Waals surface area contributed by atoms with Crippen LogP contribution in [-0.2, 0) is 20.0 Å². The molecule has 76 valence electrons. The Morgan fingerprint density at radius 3 is 2.08 bits per heavy atom. The average Bonchev–Trinajstić information content (AvgIpc) is 1.98. The Morgan fingerprint density at radius 1 is 1.38 bits per heavy atom. The van der Waals surface area contributed by atoms with Crippen LogP contribution in [0.4, 0.5) is 0 Å². The number of rotatable bonds is 4. The van der Waals surface area contributed by atoms with Gasteiger partial charge in [-0.2, -0.15) is 0 Å². The number of hydrogen-bond acceptors (Lipinski definition) is 4. The standard InChI is InChI=1S/C5H8ClNO4S2/c1-3-4-7(12(2,8)9)13(10,11)5-6/h1H,4-5H2,2H3. The van der Waals surface area contributed by atoms with Gasteiger partial charge in [0, 0.05) is 0 Å². The maximum atomic E-state index is 11.1. The van der Waals surface area contributed by atoms with Gasteiger partial charge < -0.3 is 0 Å². The summed E-state index contributed by atoms with van der Waals surface area (Å²) in [5.41, 5.74) is 0. The fourth-order valence-corrected chi connectivity index (χ4v) is 3.58. The highest BCUT2D eigenvalue weighted by Gasteiger charge is 2.28. The van der Waals surface area contributed by atoms with Crippen LogP contribution in [0.3, 0.4) is 0 Å². The molecule has 0 spiro atoms. The molecule has 5 nitrogen and oxygen atoms in total. The summed E-state index contributed by atoms with van der Waals surface area (Å²) < 4.78 is 44.1. The molecule has 0 N–H and O–H groups in total. The van der Waals surface area contributed by atoms with Gasteiger partial charge in [0.1, 0.15) is 5.21 Å². The van der Waals surface area contributed by atoms with Crippen LogP contribution in [0.2, 0.25) is 0 Å². The van der Waals surface area contributed by atoms with E-state index in [0.29, 0.717) is 0 Å². The Kier molecular flexibility index (Phi) is 4.19. The lowest BCUT2D eigenvalue weighted by Gasteiger charge is -2.14. The van der Waals surface area contributed by atoms with Crippen molar-refractivity contribution in [2.45, 2.75) is 0 Å². The van der Waals surface area contributed by atoms with Gasteiger partial charge in [0.2, 0.25) is 20.0 Å². The Bertz CT molecular complexity index is 404. The molecule has 0 aromatic heterocycles. The van der Waals surface area contributed by atoms with E-state index in [-0.39, 0.29) is 3.71 Å². The van der Waals surface area contributed by atoms with Crippen molar-refractivity contribution in [1.82, 2.24) is 3.71 Å². The highest BCUT2D eigenvalue weighted by Crippen LogP contribution is 2.07. The molecule has 8 heteroatoms. The van der Waals surface area contributed by atoms with Crippen molar-refractivity contribution in [3.05, 3.63) is 0 Å². The quantitative estimate of drug-likeness (QED) is 0.490. The molecule has 0 saturated carbocycles. The smallest absolute Gasteiger partial charge is 0.211 e. The molecule has 0 unspecified atom stereocenters. The minimum absolute atomic E-state index is 0.188. The van der Waals surface area contributed by atoms with E-state index >= 15 is 0 Å². The average molecular weight is 246 g/mol. The van der Waals surface area contributed by atoms with E-state index in [0.717, 1.165) is 6.26 Å². The fraction of sp³-hybridized carbons (Fsp3) is 0.600. The molecule has 13 heavy (non-hydrogen) atoms. The van der Waals surface area contributed by atoms with Crippen molar-refractivity contribution in [3.8, 4) is 12.3 Å². The summed E-state index contributed by atoms with van der Waals surface area (Å²) >= 11 is 5.07. The lowest BCUT2D eigenvalue weighted by Crippen LogP contribution is -2.36. The SMILES string of the molecule is C#CCN(S(C)(=O)=O)S(=O)(=O)CCl. The molecule has 0 aromatic rings. The second-order valence-corrected chi connectivity index (χ2v) is 6.73. The molecule has 0 saturated heterocycles. The van der Waals surface area contributed by atoms with Crippen LogP contribution in [0.25, 0.3) is 0 Å². The first kappa shape index (κ1) is 12.7. The van der Waals surface area contributed by atoms with E-state index in [1.54, 1.807) is 0 Å².